The zero-order valence-electron chi connectivity index (χ0n) is 14.2. The van der Waals surface area contributed by atoms with Gasteiger partial charge in [0, 0.05) is 21.9 Å². The Labute approximate surface area is 160 Å². The molecule has 0 saturated carbocycles. The summed E-state index contributed by atoms with van der Waals surface area (Å²) in [7, 11) is 3.20. The van der Waals surface area contributed by atoms with Gasteiger partial charge in [0.15, 0.2) is 0 Å². The molecule has 1 heterocycles. The second-order valence-electron chi connectivity index (χ2n) is 5.31. The Morgan fingerprint density at radius 1 is 1.04 bits per heavy atom. The molecule has 0 saturated heterocycles. The van der Waals surface area contributed by atoms with Crippen LogP contribution < -0.4 is 9.47 Å². The minimum atomic E-state index is -0.323. The molecule has 0 spiro atoms. The summed E-state index contributed by atoms with van der Waals surface area (Å²) in [4.78, 5) is 0. The first-order chi connectivity index (χ1) is 12.6. The van der Waals surface area contributed by atoms with E-state index in [1.165, 1.54) is 17.8 Å². The van der Waals surface area contributed by atoms with Crippen LogP contribution in [0.1, 0.15) is 5.56 Å². The molecule has 2 aromatic carbocycles. The van der Waals surface area contributed by atoms with Gasteiger partial charge in [0.05, 0.1) is 19.9 Å². The lowest BCUT2D eigenvalue weighted by Gasteiger charge is -2.10. The van der Waals surface area contributed by atoms with E-state index in [-0.39, 0.29) is 5.82 Å². The number of benzene rings is 2. The number of nitrogens with zero attached hydrogens (tertiary/aromatic N) is 2. The van der Waals surface area contributed by atoms with Crippen molar-refractivity contribution in [2.45, 2.75) is 10.8 Å². The highest BCUT2D eigenvalue weighted by atomic mass is 35.5. The first-order valence-corrected chi connectivity index (χ1v) is 9.10. The predicted octanol–water partition coefficient (Wildman–Crippen LogP) is 5.25. The minimum Gasteiger partial charge on any atom is -0.497 e. The van der Waals surface area contributed by atoms with Crippen molar-refractivity contribution < 1.29 is 13.9 Å². The Kier molecular flexibility index (Phi) is 5.96. The Balaban J connectivity index is 1.79. The lowest BCUT2D eigenvalue weighted by Crippen LogP contribution is -1.95. The number of methoxy groups -OCH3 is 2. The molecule has 3 aromatic rings. The standard InChI is InChI=1S/C19H16ClFN2O2S/c1-24-12-6-8-18(25-2)13(10-12)17-7-9-19(23-22-17)26-11-14-15(20)4-3-5-16(14)21/h3-10H,11H2,1-2H3. The van der Waals surface area contributed by atoms with E-state index in [1.54, 1.807) is 26.4 Å². The van der Waals surface area contributed by atoms with E-state index in [1.807, 2.05) is 30.3 Å². The van der Waals surface area contributed by atoms with Crippen molar-refractivity contribution in [3.8, 4) is 22.8 Å². The molecule has 0 bridgehead atoms. The smallest absolute Gasteiger partial charge is 0.128 e. The summed E-state index contributed by atoms with van der Waals surface area (Å²) < 4.78 is 24.5. The van der Waals surface area contributed by atoms with Crippen LogP contribution in [0.2, 0.25) is 5.02 Å². The largest absolute Gasteiger partial charge is 0.497 e. The third-order valence-electron chi connectivity index (χ3n) is 3.75. The van der Waals surface area contributed by atoms with Gasteiger partial charge in [0.25, 0.3) is 0 Å². The number of hydrogen-bond acceptors (Lipinski definition) is 5. The molecular formula is C19H16ClFN2O2S. The lowest BCUT2D eigenvalue weighted by atomic mass is 10.1. The summed E-state index contributed by atoms with van der Waals surface area (Å²) in [6.07, 6.45) is 0. The molecule has 0 unspecified atom stereocenters. The Morgan fingerprint density at radius 2 is 1.88 bits per heavy atom. The third-order valence-corrected chi connectivity index (χ3v) is 5.05. The maximum absolute atomic E-state index is 13.8. The second kappa shape index (κ2) is 8.38. The molecule has 3 rings (SSSR count). The fraction of sp³-hybridized carbons (Fsp3) is 0.158. The molecule has 0 aliphatic carbocycles. The maximum Gasteiger partial charge on any atom is 0.128 e. The highest BCUT2D eigenvalue weighted by Gasteiger charge is 2.11. The summed E-state index contributed by atoms with van der Waals surface area (Å²) in [5.74, 6) is 1.44. The van der Waals surface area contributed by atoms with Gasteiger partial charge in [0.2, 0.25) is 0 Å². The summed E-state index contributed by atoms with van der Waals surface area (Å²) in [6.45, 7) is 0. The maximum atomic E-state index is 13.8. The van der Waals surface area contributed by atoms with Crippen molar-refractivity contribution in [2.75, 3.05) is 14.2 Å². The van der Waals surface area contributed by atoms with E-state index in [4.69, 9.17) is 21.1 Å². The minimum absolute atomic E-state index is 0.323. The van der Waals surface area contributed by atoms with Crippen molar-refractivity contribution >= 4 is 23.4 Å². The van der Waals surface area contributed by atoms with Gasteiger partial charge in [-0.05, 0) is 42.5 Å². The third kappa shape index (κ3) is 4.08. The van der Waals surface area contributed by atoms with Crippen LogP contribution in [0.3, 0.4) is 0 Å². The zero-order valence-corrected chi connectivity index (χ0v) is 15.8. The summed E-state index contributed by atoms with van der Waals surface area (Å²) >= 11 is 7.42. The molecule has 0 atom stereocenters. The number of aromatic nitrogens is 2. The van der Waals surface area contributed by atoms with Crippen LogP contribution >= 0.6 is 23.4 Å². The van der Waals surface area contributed by atoms with Crippen molar-refractivity contribution in [3.05, 3.63) is 64.9 Å². The predicted molar refractivity (Wildman–Crippen MR) is 102 cm³/mol. The van der Waals surface area contributed by atoms with Crippen molar-refractivity contribution in [1.82, 2.24) is 10.2 Å². The Bertz CT molecular complexity index is 886. The quantitative estimate of drug-likeness (QED) is 0.538. The molecule has 0 radical (unpaired) electrons. The van der Waals surface area contributed by atoms with E-state index >= 15 is 0 Å². The summed E-state index contributed by atoms with van der Waals surface area (Å²) in [6, 6.07) is 13.8. The fourth-order valence-electron chi connectivity index (χ4n) is 2.37. The van der Waals surface area contributed by atoms with Crippen LogP contribution in [-0.4, -0.2) is 24.4 Å². The number of halogens is 2. The average Bonchev–Trinajstić information content (AvgIpc) is 2.67. The van der Waals surface area contributed by atoms with E-state index in [0.717, 1.165) is 5.56 Å². The van der Waals surface area contributed by atoms with Crippen molar-refractivity contribution in [1.29, 1.82) is 0 Å². The number of thioether (sulfide) groups is 1. The van der Waals surface area contributed by atoms with Crippen molar-refractivity contribution in [3.63, 3.8) is 0 Å². The van der Waals surface area contributed by atoms with Gasteiger partial charge in [0.1, 0.15) is 22.3 Å². The van der Waals surface area contributed by atoms with Crippen LogP contribution in [0.4, 0.5) is 4.39 Å². The highest BCUT2D eigenvalue weighted by molar-refractivity contribution is 7.98. The topological polar surface area (TPSA) is 44.2 Å². The molecule has 7 heteroatoms. The van der Waals surface area contributed by atoms with E-state index < -0.39 is 0 Å². The van der Waals surface area contributed by atoms with Gasteiger partial charge >= 0.3 is 0 Å². The first-order valence-electron chi connectivity index (χ1n) is 7.74. The van der Waals surface area contributed by atoms with Crippen LogP contribution in [0, 0.1) is 5.82 Å². The lowest BCUT2D eigenvalue weighted by molar-refractivity contribution is 0.404. The number of hydrogen-bond donors (Lipinski definition) is 0. The van der Waals surface area contributed by atoms with Gasteiger partial charge in [-0.3, -0.25) is 0 Å². The molecule has 0 aliphatic rings. The SMILES string of the molecule is COc1ccc(OC)c(-c2ccc(SCc3c(F)cccc3Cl)nn2)c1. The zero-order chi connectivity index (χ0) is 18.5. The highest BCUT2D eigenvalue weighted by Crippen LogP contribution is 2.33. The van der Waals surface area contributed by atoms with Gasteiger partial charge < -0.3 is 9.47 Å². The average molecular weight is 391 g/mol. The van der Waals surface area contributed by atoms with Gasteiger partial charge in [-0.15, -0.1) is 10.2 Å². The van der Waals surface area contributed by atoms with Gasteiger partial charge in [-0.1, -0.05) is 29.4 Å². The molecular weight excluding hydrogens is 375 g/mol. The molecule has 1 aromatic heterocycles. The van der Waals surface area contributed by atoms with E-state index in [9.17, 15) is 4.39 Å². The molecule has 0 amide bonds. The molecule has 0 aliphatic heterocycles. The molecule has 134 valence electrons. The van der Waals surface area contributed by atoms with Gasteiger partial charge in [-0.2, -0.15) is 0 Å². The molecule has 4 nitrogen and oxygen atoms in total. The van der Waals surface area contributed by atoms with Crippen molar-refractivity contribution in [2.24, 2.45) is 0 Å². The van der Waals surface area contributed by atoms with E-state index in [0.29, 0.717) is 38.6 Å². The number of rotatable bonds is 6. The fourth-order valence-corrected chi connectivity index (χ4v) is 3.53. The van der Waals surface area contributed by atoms with Crippen LogP contribution in [0.15, 0.2) is 53.6 Å². The summed E-state index contributed by atoms with van der Waals surface area (Å²) in [5.41, 5.74) is 1.90. The molecule has 26 heavy (non-hydrogen) atoms. The Hall–Kier alpha value is -2.31. The summed E-state index contributed by atoms with van der Waals surface area (Å²) in [5, 5.41) is 9.55. The monoisotopic (exact) mass is 390 g/mol. The van der Waals surface area contributed by atoms with E-state index in [2.05, 4.69) is 10.2 Å². The molecule has 0 N–H and O–H groups in total. The Morgan fingerprint density at radius 3 is 2.54 bits per heavy atom. The number of ether oxygens (including phenoxy) is 2. The van der Waals surface area contributed by atoms with Gasteiger partial charge in [-0.25, -0.2) is 4.39 Å². The first kappa shape index (κ1) is 18.5. The van der Waals surface area contributed by atoms with Crippen LogP contribution in [-0.2, 0) is 5.75 Å². The second-order valence-corrected chi connectivity index (χ2v) is 6.71. The van der Waals surface area contributed by atoms with Crippen LogP contribution in [0.25, 0.3) is 11.3 Å². The molecule has 0 fully saturated rings. The van der Waals surface area contributed by atoms with Crippen LogP contribution in [0.5, 0.6) is 11.5 Å². The normalized spacial score (nSPS) is 10.6.